The summed E-state index contributed by atoms with van der Waals surface area (Å²) in [6, 6.07) is 8.11. The molecule has 0 radical (unpaired) electrons. The maximum atomic E-state index is 12.8. The number of piperazine rings is 1. The Bertz CT molecular complexity index is 1310. The second kappa shape index (κ2) is 8.07. The van der Waals surface area contributed by atoms with E-state index in [-0.39, 0.29) is 5.97 Å². The van der Waals surface area contributed by atoms with Gasteiger partial charge in [-0.15, -0.1) is 0 Å². The number of benzene rings is 1. The maximum absolute atomic E-state index is 12.8. The first-order valence-electron chi connectivity index (χ1n) is 10.8. The number of fused-ring (bicyclic) bond motifs is 2. The van der Waals surface area contributed by atoms with Crippen molar-refractivity contribution in [1.29, 1.82) is 0 Å². The van der Waals surface area contributed by atoms with E-state index in [1.807, 2.05) is 45.0 Å². The Hall–Kier alpha value is -3.75. The number of hydrogen-bond acceptors (Lipinski definition) is 8. The third-order valence-corrected chi connectivity index (χ3v) is 5.85. The summed E-state index contributed by atoms with van der Waals surface area (Å²) in [6.45, 7) is 9.19. The van der Waals surface area contributed by atoms with Gasteiger partial charge >= 0.3 is 5.97 Å². The summed E-state index contributed by atoms with van der Waals surface area (Å²) in [5.41, 5.74) is 4.30. The van der Waals surface area contributed by atoms with E-state index in [1.54, 1.807) is 10.7 Å². The first-order valence-corrected chi connectivity index (χ1v) is 10.8. The molecule has 0 amide bonds. The molecule has 9 nitrogen and oxygen atoms in total. The highest BCUT2D eigenvalue weighted by Crippen LogP contribution is 2.33. The summed E-state index contributed by atoms with van der Waals surface area (Å²) < 4.78 is 7.12. The molecule has 1 aromatic carbocycles. The molecule has 9 heteroatoms. The number of carbonyl (C=O) groups excluding carboxylic acids is 1. The summed E-state index contributed by atoms with van der Waals surface area (Å²) in [5, 5.41) is 5.31. The molecule has 0 atom stereocenters. The number of anilines is 2. The zero-order valence-electron chi connectivity index (χ0n) is 18.4. The van der Waals surface area contributed by atoms with Crippen molar-refractivity contribution in [2.45, 2.75) is 20.8 Å². The van der Waals surface area contributed by atoms with Gasteiger partial charge in [-0.05, 0) is 26.3 Å². The molecule has 0 unspecified atom stereocenters. The minimum atomic E-state index is -0.338. The SMILES string of the molecule is CCOC(=O)c1cnc2c(C)cccc2c1N1CCN(c2cc(C)nc3ncnn23)CC1. The van der Waals surface area contributed by atoms with Crippen LogP contribution in [0.1, 0.15) is 28.5 Å². The van der Waals surface area contributed by atoms with Gasteiger partial charge in [-0.25, -0.2) is 9.78 Å². The molecule has 4 heterocycles. The van der Waals surface area contributed by atoms with Crippen LogP contribution in [0.4, 0.5) is 11.5 Å². The highest BCUT2D eigenvalue weighted by molar-refractivity contribution is 6.06. The highest BCUT2D eigenvalue weighted by atomic mass is 16.5. The van der Waals surface area contributed by atoms with Crippen LogP contribution in [0.2, 0.25) is 0 Å². The van der Waals surface area contributed by atoms with Crippen molar-refractivity contribution < 1.29 is 9.53 Å². The second-order valence-electron chi connectivity index (χ2n) is 7.91. The molecule has 1 fully saturated rings. The van der Waals surface area contributed by atoms with Gasteiger partial charge in [0.05, 0.1) is 17.8 Å². The zero-order chi connectivity index (χ0) is 22.2. The Morgan fingerprint density at radius 2 is 1.88 bits per heavy atom. The summed E-state index contributed by atoms with van der Waals surface area (Å²) in [5.74, 6) is 1.24. The molecule has 5 rings (SSSR count). The first kappa shape index (κ1) is 20.2. The Labute approximate surface area is 185 Å². The molecule has 0 bridgehead atoms. The Balaban J connectivity index is 1.50. The normalized spacial score (nSPS) is 14.3. The molecule has 0 aliphatic carbocycles. The van der Waals surface area contributed by atoms with Crippen LogP contribution in [0, 0.1) is 13.8 Å². The largest absolute Gasteiger partial charge is 0.462 e. The van der Waals surface area contributed by atoms with Gasteiger partial charge in [0.2, 0.25) is 0 Å². The number of esters is 1. The summed E-state index contributed by atoms with van der Waals surface area (Å²) in [4.78, 5) is 30.5. The van der Waals surface area contributed by atoms with Crippen LogP contribution in [0.25, 0.3) is 16.7 Å². The fraction of sp³-hybridized carbons (Fsp3) is 0.348. The average molecular weight is 432 g/mol. The third kappa shape index (κ3) is 3.39. The van der Waals surface area contributed by atoms with Crippen molar-refractivity contribution in [2.75, 3.05) is 42.6 Å². The number of para-hydroxylation sites is 1. The molecule has 3 aromatic heterocycles. The Kier molecular flexibility index (Phi) is 5.08. The van der Waals surface area contributed by atoms with Gasteiger partial charge in [-0.2, -0.15) is 14.6 Å². The number of aromatic nitrogens is 5. The van der Waals surface area contributed by atoms with E-state index in [2.05, 4.69) is 29.9 Å². The lowest BCUT2D eigenvalue weighted by atomic mass is 10.0. The fourth-order valence-corrected chi connectivity index (χ4v) is 4.35. The molecule has 4 aromatic rings. The predicted molar refractivity (Wildman–Crippen MR) is 122 cm³/mol. The number of pyridine rings is 1. The van der Waals surface area contributed by atoms with E-state index < -0.39 is 0 Å². The van der Waals surface area contributed by atoms with Crippen molar-refractivity contribution in [1.82, 2.24) is 24.6 Å². The Morgan fingerprint density at radius 1 is 1.09 bits per heavy atom. The van der Waals surface area contributed by atoms with Gasteiger partial charge in [-0.1, -0.05) is 18.2 Å². The molecule has 1 aliphatic rings. The number of nitrogens with zero attached hydrogens (tertiary/aromatic N) is 7. The zero-order valence-corrected chi connectivity index (χ0v) is 18.4. The molecule has 0 N–H and O–H groups in total. The molecule has 0 spiro atoms. The predicted octanol–water partition coefficient (Wildman–Crippen LogP) is 2.79. The van der Waals surface area contributed by atoms with Gasteiger partial charge in [-0.3, -0.25) is 4.98 Å². The maximum Gasteiger partial charge on any atom is 0.341 e. The average Bonchev–Trinajstić information content (AvgIpc) is 3.27. The van der Waals surface area contributed by atoms with Crippen molar-refractivity contribution >= 4 is 34.2 Å². The number of carbonyl (C=O) groups is 1. The van der Waals surface area contributed by atoms with E-state index in [4.69, 9.17) is 4.74 Å². The van der Waals surface area contributed by atoms with E-state index >= 15 is 0 Å². The van der Waals surface area contributed by atoms with E-state index in [0.717, 1.165) is 59.8 Å². The minimum absolute atomic E-state index is 0.327. The van der Waals surface area contributed by atoms with Crippen molar-refractivity contribution in [3.8, 4) is 0 Å². The van der Waals surface area contributed by atoms with Crippen LogP contribution in [0.3, 0.4) is 0 Å². The van der Waals surface area contributed by atoms with Crippen LogP contribution in [-0.4, -0.2) is 63.3 Å². The van der Waals surface area contributed by atoms with Gasteiger partial charge in [0.15, 0.2) is 0 Å². The first-order chi connectivity index (χ1) is 15.6. The molecule has 1 aliphatic heterocycles. The van der Waals surface area contributed by atoms with E-state index in [0.29, 0.717) is 17.9 Å². The van der Waals surface area contributed by atoms with Crippen molar-refractivity contribution in [2.24, 2.45) is 0 Å². The number of hydrogen-bond donors (Lipinski definition) is 0. The molecule has 0 saturated carbocycles. The molecule has 164 valence electrons. The molecular formula is C23H25N7O2. The van der Waals surface area contributed by atoms with Crippen LogP contribution in [0.15, 0.2) is 36.8 Å². The topological polar surface area (TPSA) is 88.8 Å². The van der Waals surface area contributed by atoms with E-state index in [9.17, 15) is 4.79 Å². The summed E-state index contributed by atoms with van der Waals surface area (Å²) >= 11 is 0. The molecular weight excluding hydrogens is 406 g/mol. The van der Waals surface area contributed by atoms with Gasteiger partial charge in [0.1, 0.15) is 17.7 Å². The van der Waals surface area contributed by atoms with Crippen molar-refractivity contribution in [3.63, 3.8) is 0 Å². The number of ether oxygens (including phenoxy) is 1. The van der Waals surface area contributed by atoms with Crippen LogP contribution in [-0.2, 0) is 4.74 Å². The van der Waals surface area contributed by atoms with Crippen molar-refractivity contribution in [3.05, 3.63) is 53.6 Å². The quantitative estimate of drug-likeness (QED) is 0.456. The highest BCUT2D eigenvalue weighted by Gasteiger charge is 2.26. The number of rotatable bonds is 4. The van der Waals surface area contributed by atoms with Gasteiger partial charge in [0, 0.05) is 49.5 Å². The minimum Gasteiger partial charge on any atom is -0.462 e. The monoisotopic (exact) mass is 431 g/mol. The Morgan fingerprint density at radius 3 is 2.66 bits per heavy atom. The van der Waals surface area contributed by atoms with Crippen LogP contribution in [0.5, 0.6) is 0 Å². The fourth-order valence-electron chi connectivity index (χ4n) is 4.35. The smallest absolute Gasteiger partial charge is 0.341 e. The third-order valence-electron chi connectivity index (χ3n) is 5.85. The second-order valence-corrected chi connectivity index (χ2v) is 7.91. The number of aryl methyl sites for hydroxylation is 2. The summed E-state index contributed by atoms with van der Waals surface area (Å²) in [6.07, 6.45) is 3.18. The van der Waals surface area contributed by atoms with Gasteiger partial charge in [0.25, 0.3) is 5.78 Å². The van der Waals surface area contributed by atoms with Crippen LogP contribution < -0.4 is 9.80 Å². The lowest BCUT2D eigenvalue weighted by Crippen LogP contribution is -2.47. The lowest BCUT2D eigenvalue weighted by molar-refractivity contribution is 0.0526. The standard InChI is InChI=1S/C23H25N7O2/c1-4-32-22(31)18-13-24-20-15(2)6-5-7-17(20)21(18)29-10-8-28(9-11-29)19-12-16(3)27-23-25-14-26-30(19)23/h5-7,12-14H,4,8-11H2,1-3H3. The lowest BCUT2D eigenvalue weighted by Gasteiger charge is -2.38. The van der Waals surface area contributed by atoms with Gasteiger partial charge < -0.3 is 14.5 Å². The van der Waals surface area contributed by atoms with E-state index in [1.165, 1.54) is 6.33 Å². The molecule has 1 saturated heterocycles. The molecule has 32 heavy (non-hydrogen) atoms. The summed E-state index contributed by atoms with van der Waals surface area (Å²) in [7, 11) is 0. The van der Waals surface area contributed by atoms with Crippen LogP contribution >= 0.6 is 0 Å².